The summed E-state index contributed by atoms with van der Waals surface area (Å²) in [4.78, 5) is 119. The second-order valence-electron chi connectivity index (χ2n) is 18.7. The lowest BCUT2D eigenvalue weighted by Gasteiger charge is -2.42. The van der Waals surface area contributed by atoms with E-state index in [0.717, 1.165) is 0 Å². The zero-order chi connectivity index (χ0) is 45.9. The number of aliphatic imine (C=N–C) groups is 3. The average Bonchev–Trinajstić information content (AvgIpc) is 3.86. The maximum Gasteiger partial charge on any atom is 0.304 e. The van der Waals surface area contributed by atoms with Crippen LogP contribution in [0.3, 0.4) is 0 Å². The van der Waals surface area contributed by atoms with Gasteiger partial charge in [-0.05, 0) is 43.9 Å². The summed E-state index contributed by atoms with van der Waals surface area (Å²) < 4.78 is 0. The first kappa shape index (κ1) is 45.6. The minimum Gasteiger partial charge on any atom is -0.481 e. The highest BCUT2D eigenvalue weighted by Crippen LogP contribution is 2.59. The highest BCUT2D eigenvalue weighted by molar-refractivity contribution is 8.00. The number of nitrogens with two attached hydrogens (primary N) is 1. The van der Waals surface area contributed by atoms with Crippen LogP contribution in [-0.4, -0.2) is 119 Å². The molecular weight excluding hydrogens is 841 g/mol. The van der Waals surface area contributed by atoms with Crippen molar-refractivity contribution in [3.05, 3.63) is 23.0 Å². The molecule has 6 aliphatic heterocycles. The molecule has 2 saturated heterocycles. The molecule has 1 spiro atoms. The fraction of sp³-hybridized carbons (Fsp3) is 0.651. The van der Waals surface area contributed by atoms with Gasteiger partial charge in [-0.3, -0.25) is 53.3 Å². The van der Waals surface area contributed by atoms with E-state index < -0.39 is 118 Å². The van der Waals surface area contributed by atoms with Gasteiger partial charge in [-0.1, -0.05) is 13.8 Å². The van der Waals surface area contributed by atoms with Crippen molar-refractivity contribution in [1.29, 1.82) is 0 Å². The summed E-state index contributed by atoms with van der Waals surface area (Å²) in [6.07, 6.45) is 1.49. The summed E-state index contributed by atoms with van der Waals surface area (Å²) in [7, 11) is 0. The zero-order valence-corrected chi connectivity index (χ0v) is 36.1. The minimum absolute atomic E-state index is 0.0115. The largest absolute Gasteiger partial charge is 0.481 e. The number of Topliss-reactive ketones (excluding diaryl/α,β-unsaturated/α-hetero) is 1. The van der Waals surface area contributed by atoms with E-state index in [1.54, 1.807) is 19.3 Å². The number of primary amides is 1. The molecule has 7 rings (SSSR count). The first-order valence-electron chi connectivity index (χ1n) is 21.3. The number of hydrogen-bond acceptors (Lipinski definition) is 13. The number of carboxylic acid groups (broad SMARTS) is 5. The lowest BCUT2D eigenvalue weighted by Crippen LogP contribution is -2.59. The number of carbonyl (C=O) groups excluding carboxylic acids is 3. The Morgan fingerprint density at radius 3 is 2.11 bits per heavy atom. The molecule has 0 radical (unpaired) electrons. The molecule has 19 nitrogen and oxygen atoms in total. The SMILES string of the molecule is CS[C@H]1C[C@@H]2C3=N[C@H](CC4=N[C@@H](C[C@]56NC(=O)C[C@@]5(C)[C@H](CCC(=O)O)C(=CC5=NC(=C3C1=O)[C@@H](CCC(=O)O)[C@@H]5CC(=O)O)N6)[C@@H](CCC(=O)O)[C@]4(C)CC(N)=O)[C@H]2CC(=O)O. The third-order valence-electron chi connectivity index (χ3n) is 15.1. The number of rotatable bonds is 16. The van der Waals surface area contributed by atoms with Crippen LogP contribution in [0.25, 0.3) is 0 Å². The van der Waals surface area contributed by atoms with Crippen molar-refractivity contribution in [2.24, 2.45) is 67.0 Å². The van der Waals surface area contributed by atoms with E-state index in [0.29, 0.717) is 17.1 Å². The first-order valence-corrected chi connectivity index (χ1v) is 22.6. The average molecular weight is 895 g/mol. The van der Waals surface area contributed by atoms with Gasteiger partial charge in [0.05, 0.1) is 47.2 Å². The Morgan fingerprint density at radius 2 is 1.49 bits per heavy atom. The van der Waals surface area contributed by atoms with E-state index in [9.17, 15) is 63.9 Å². The maximum absolute atomic E-state index is 14.8. The van der Waals surface area contributed by atoms with E-state index >= 15 is 0 Å². The van der Waals surface area contributed by atoms with Gasteiger partial charge in [-0.25, -0.2) is 0 Å². The Bertz CT molecular complexity index is 2220. The normalized spacial score (nSPS) is 36.4. The van der Waals surface area contributed by atoms with Gasteiger partial charge in [-0.15, -0.1) is 0 Å². The van der Waals surface area contributed by atoms with Crippen molar-refractivity contribution in [3.8, 4) is 0 Å². The molecule has 0 aromatic rings. The smallest absolute Gasteiger partial charge is 0.304 e. The molecule has 340 valence electrons. The summed E-state index contributed by atoms with van der Waals surface area (Å²) in [5.41, 5.74) is 4.01. The molecule has 2 amide bonds. The van der Waals surface area contributed by atoms with Gasteiger partial charge in [0.15, 0.2) is 5.78 Å². The highest BCUT2D eigenvalue weighted by Gasteiger charge is 2.66. The Hall–Kier alpha value is -5.40. The van der Waals surface area contributed by atoms with Crippen LogP contribution in [0, 0.1) is 46.3 Å². The summed E-state index contributed by atoms with van der Waals surface area (Å²) in [6.45, 7) is 3.63. The maximum atomic E-state index is 14.8. The topological polar surface area (TPSA) is 325 Å². The quantitative estimate of drug-likeness (QED) is 0.110. The van der Waals surface area contributed by atoms with E-state index in [1.807, 2.05) is 6.92 Å². The number of ketones is 1. The van der Waals surface area contributed by atoms with Crippen LogP contribution in [0.5, 0.6) is 0 Å². The second-order valence-corrected chi connectivity index (χ2v) is 19.8. The third kappa shape index (κ3) is 8.18. The molecule has 1 saturated carbocycles. The second kappa shape index (κ2) is 17.0. The van der Waals surface area contributed by atoms with Crippen molar-refractivity contribution in [1.82, 2.24) is 10.6 Å². The lowest BCUT2D eigenvalue weighted by atomic mass is 9.63. The van der Waals surface area contributed by atoms with Crippen LogP contribution in [0.2, 0.25) is 0 Å². The minimum atomic E-state index is -1.34. The molecular formula is C43H54N6O13S. The number of nitrogens with one attached hydrogen (secondary N) is 2. The molecule has 63 heavy (non-hydrogen) atoms. The molecule has 9 N–H and O–H groups in total. The number of amides is 2. The van der Waals surface area contributed by atoms with Crippen molar-refractivity contribution in [3.63, 3.8) is 0 Å². The van der Waals surface area contributed by atoms with Crippen LogP contribution < -0.4 is 16.4 Å². The van der Waals surface area contributed by atoms with Crippen LogP contribution >= 0.6 is 11.8 Å². The molecule has 7 aliphatic rings. The van der Waals surface area contributed by atoms with Gasteiger partial charge in [0, 0.05) is 102 Å². The molecule has 0 unspecified atom stereocenters. The van der Waals surface area contributed by atoms with Crippen molar-refractivity contribution >= 4 is 76.3 Å². The van der Waals surface area contributed by atoms with E-state index in [1.165, 1.54) is 11.8 Å². The lowest BCUT2D eigenvalue weighted by molar-refractivity contribution is -0.139. The van der Waals surface area contributed by atoms with Gasteiger partial charge in [-0.2, -0.15) is 11.8 Å². The predicted octanol–water partition coefficient (Wildman–Crippen LogP) is 2.67. The Morgan fingerprint density at radius 1 is 0.841 bits per heavy atom. The number of fused-ring (bicyclic) bond motifs is 4. The molecule has 0 aromatic carbocycles. The fourth-order valence-corrected chi connectivity index (χ4v) is 13.0. The predicted molar refractivity (Wildman–Crippen MR) is 226 cm³/mol. The summed E-state index contributed by atoms with van der Waals surface area (Å²) in [5, 5.41) is 56.4. The number of thioether (sulfide) groups is 1. The highest BCUT2D eigenvalue weighted by atomic mass is 32.2. The summed E-state index contributed by atoms with van der Waals surface area (Å²) in [5.74, 6) is -11.5. The van der Waals surface area contributed by atoms with Crippen LogP contribution in [0.1, 0.15) is 97.3 Å². The van der Waals surface area contributed by atoms with Crippen LogP contribution in [0.15, 0.2) is 38.0 Å². The number of nitrogens with zero attached hydrogens (tertiary/aromatic N) is 3. The first-order chi connectivity index (χ1) is 29.6. The molecule has 3 fully saturated rings. The molecule has 8 bridgehead atoms. The molecule has 0 aromatic heterocycles. The Balaban J connectivity index is 1.54. The Labute approximate surface area is 366 Å². The van der Waals surface area contributed by atoms with Gasteiger partial charge >= 0.3 is 29.8 Å². The van der Waals surface area contributed by atoms with Crippen LogP contribution in [0.4, 0.5) is 0 Å². The molecule has 1 aliphatic carbocycles. The van der Waals surface area contributed by atoms with E-state index in [4.69, 9.17) is 20.7 Å². The number of carbonyl (C=O) groups is 8. The third-order valence-corrected chi connectivity index (χ3v) is 16.1. The zero-order valence-electron chi connectivity index (χ0n) is 35.3. The van der Waals surface area contributed by atoms with Crippen LogP contribution in [-0.2, 0) is 38.4 Å². The van der Waals surface area contributed by atoms with E-state index in [2.05, 4.69) is 10.6 Å². The molecule has 20 heteroatoms. The standard InChI is InChI=1S/C43H54N6O13S/c1-41(16-30(44)50)22(5-8-33(54)55)27-15-43-42(2,17-31(51)49-43)23(6-9-34(56)57)26(48-43)13-24-19(11-35(58)59)18(4-7-32(52)53)38(46-24)37-39-21(10-28(63-3)40(37)62)20(12-36(60)61)25(47-39)14-29(41)45-27/h13,18-23,25,27-28,48H,4-12,14-17H2,1-3H3,(H2,44,50)(H,49,51)(H,52,53)(H,54,55)(H,56,57)(H,58,59)(H,60,61)/t18-,19-,20-,21-,22+,23+,25+,27-,28-,41-,42-,43-/m0/s1. The fourth-order valence-electron chi connectivity index (χ4n) is 12.3. The van der Waals surface area contributed by atoms with E-state index in [-0.39, 0.29) is 99.3 Å². The van der Waals surface area contributed by atoms with Gasteiger partial charge in [0.25, 0.3) is 0 Å². The molecule has 6 heterocycles. The van der Waals surface area contributed by atoms with Crippen molar-refractivity contribution in [2.75, 3.05) is 6.26 Å². The number of allylic oxidation sites excluding steroid dienone is 4. The summed E-state index contributed by atoms with van der Waals surface area (Å²) >= 11 is 1.26. The van der Waals surface area contributed by atoms with Crippen molar-refractivity contribution in [2.45, 2.75) is 120 Å². The number of carboxylic acids is 5. The summed E-state index contributed by atoms with van der Waals surface area (Å²) in [6, 6.07) is -1.57. The van der Waals surface area contributed by atoms with Gasteiger partial charge in [0.2, 0.25) is 11.8 Å². The monoisotopic (exact) mass is 894 g/mol. The number of hydrogen-bond donors (Lipinski definition) is 8. The Kier molecular flexibility index (Phi) is 12.3. The van der Waals surface area contributed by atoms with Crippen molar-refractivity contribution < 1.29 is 63.9 Å². The van der Waals surface area contributed by atoms with Gasteiger partial charge < -0.3 is 41.9 Å². The number of aliphatic carboxylic acids is 5. The van der Waals surface area contributed by atoms with Gasteiger partial charge in [0.1, 0.15) is 5.66 Å². The molecule has 12 atom stereocenters.